The van der Waals surface area contributed by atoms with Crippen LogP contribution in [-0.4, -0.2) is 17.4 Å². The largest absolute Gasteiger partial charge is 0.352 e. The Kier molecular flexibility index (Phi) is 6.15. The fraction of sp³-hybridized carbons (Fsp3) is 0.368. The number of hydrogen-bond acceptors (Lipinski definition) is 3. The first-order valence-corrected chi connectivity index (χ1v) is 8.19. The summed E-state index contributed by atoms with van der Waals surface area (Å²) in [5.74, 6) is 0.636. The van der Waals surface area contributed by atoms with Gasteiger partial charge in [0.05, 0.1) is 0 Å². The molecule has 4 heteroatoms. The van der Waals surface area contributed by atoms with Crippen molar-refractivity contribution in [1.82, 2.24) is 10.3 Å². The second kappa shape index (κ2) is 8.32. The minimum Gasteiger partial charge on any atom is -0.352 e. The van der Waals surface area contributed by atoms with Crippen LogP contribution in [0.15, 0.2) is 36.5 Å². The maximum absolute atomic E-state index is 12.2. The molecule has 23 heavy (non-hydrogen) atoms. The van der Waals surface area contributed by atoms with Crippen LogP contribution in [0.4, 0.5) is 11.5 Å². The van der Waals surface area contributed by atoms with E-state index in [1.165, 1.54) is 0 Å². The van der Waals surface area contributed by atoms with Gasteiger partial charge in [-0.2, -0.15) is 0 Å². The van der Waals surface area contributed by atoms with Gasteiger partial charge >= 0.3 is 0 Å². The summed E-state index contributed by atoms with van der Waals surface area (Å²) in [6, 6.07) is 9.68. The normalized spacial score (nSPS) is 10.4. The predicted molar refractivity (Wildman–Crippen MR) is 95.3 cm³/mol. The lowest BCUT2D eigenvalue weighted by Gasteiger charge is -2.12. The molecule has 0 aliphatic heterocycles. The topological polar surface area (TPSA) is 54.0 Å². The molecule has 0 radical (unpaired) electrons. The number of carbonyl (C=O) groups excluding carboxylic acids is 1. The lowest BCUT2D eigenvalue weighted by molar-refractivity contribution is 0.0953. The maximum Gasteiger partial charge on any atom is 0.251 e. The fourth-order valence-electron chi connectivity index (χ4n) is 2.46. The second-order valence-electron chi connectivity index (χ2n) is 5.78. The van der Waals surface area contributed by atoms with Gasteiger partial charge in [0.1, 0.15) is 5.82 Å². The van der Waals surface area contributed by atoms with Crippen molar-refractivity contribution in [3.63, 3.8) is 0 Å². The Morgan fingerprint density at radius 2 is 1.87 bits per heavy atom. The number of para-hydroxylation sites is 1. The van der Waals surface area contributed by atoms with Crippen molar-refractivity contribution >= 4 is 17.4 Å². The van der Waals surface area contributed by atoms with Crippen LogP contribution in [0.2, 0.25) is 0 Å². The quantitative estimate of drug-likeness (QED) is 0.747. The maximum atomic E-state index is 12.2. The van der Waals surface area contributed by atoms with Crippen molar-refractivity contribution in [3.05, 3.63) is 53.2 Å². The highest BCUT2D eigenvalue weighted by molar-refractivity contribution is 5.94. The molecule has 0 aliphatic rings. The van der Waals surface area contributed by atoms with Crippen molar-refractivity contribution in [3.8, 4) is 0 Å². The first kappa shape index (κ1) is 17.0. The summed E-state index contributed by atoms with van der Waals surface area (Å²) in [4.78, 5) is 16.5. The first-order valence-electron chi connectivity index (χ1n) is 8.19. The average molecular weight is 311 g/mol. The molecule has 1 amide bonds. The van der Waals surface area contributed by atoms with Crippen LogP contribution in [-0.2, 0) is 0 Å². The molecule has 0 saturated heterocycles. The summed E-state index contributed by atoms with van der Waals surface area (Å²) in [7, 11) is 0. The molecule has 0 atom stereocenters. The number of nitrogens with zero attached hydrogens (tertiary/aromatic N) is 1. The lowest BCUT2D eigenvalue weighted by atomic mass is 10.1. The van der Waals surface area contributed by atoms with Crippen molar-refractivity contribution in [2.24, 2.45) is 0 Å². The minimum absolute atomic E-state index is 0.0481. The van der Waals surface area contributed by atoms with Crippen LogP contribution in [0, 0.1) is 13.8 Å². The molecule has 4 nitrogen and oxygen atoms in total. The zero-order chi connectivity index (χ0) is 16.7. The zero-order valence-electron chi connectivity index (χ0n) is 14.1. The highest BCUT2D eigenvalue weighted by Crippen LogP contribution is 2.23. The summed E-state index contributed by atoms with van der Waals surface area (Å²) in [6.45, 7) is 6.98. The third-order valence-corrected chi connectivity index (χ3v) is 3.82. The number of nitrogens with one attached hydrogen (secondary N) is 2. The number of amides is 1. The Morgan fingerprint density at radius 1 is 1.13 bits per heavy atom. The Morgan fingerprint density at radius 3 is 2.57 bits per heavy atom. The molecule has 1 aromatic carbocycles. The number of rotatable bonds is 7. The number of hydrogen-bond donors (Lipinski definition) is 2. The molecule has 0 spiro atoms. The smallest absolute Gasteiger partial charge is 0.251 e. The van der Waals surface area contributed by atoms with E-state index in [0.29, 0.717) is 17.9 Å². The van der Waals surface area contributed by atoms with E-state index in [2.05, 4.69) is 48.5 Å². The SMILES string of the molecule is CCCCCNC(=O)c1ccnc(Nc2c(C)cccc2C)c1. The predicted octanol–water partition coefficient (Wildman–Crippen LogP) is 4.36. The summed E-state index contributed by atoms with van der Waals surface area (Å²) in [5.41, 5.74) is 3.98. The van der Waals surface area contributed by atoms with E-state index >= 15 is 0 Å². The molecule has 0 saturated carbocycles. The molecule has 0 unspecified atom stereocenters. The summed E-state index contributed by atoms with van der Waals surface area (Å²) in [5, 5.41) is 6.27. The summed E-state index contributed by atoms with van der Waals surface area (Å²) < 4.78 is 0. The van der Waals surface area contributed by atoms with Crippen LogP contribution >= 0.6 is 0 Å². The molecule has 0 aliphatic carbocycles. The average Bonchev–Trinajstić information content (AvgIpc) is 2.55. The summed E-state index contributed by atoms with van der Waals surface area (Å²) >= 11 is 0. The van der Waals surface area contributed by atoms with E-state index in [1.807, 2.05) is 6.07 Å². The van der Waals surface area contributed by atoms with Gasteiger partial charge in [0.2, 0.25) is 0 Å². The Hall–Kier alpha value is -2.36. The molecule has 2 aromatic rings. The van der Waals surface area contributed by atoms with E-state index in [9.17, 15) is 4.79 Å². The molecule has 1 aromatic heterocycles. The lowest BCUT2D eigenvalue weighted by Crippen LogP contribution is -2.24. The van der Waals surface area contributed by atoms with Gasteiger partial charge in [0.15, 0.2) is 0 Å². The highest BCUT2D eigenvalue weighted by atomic mass is 16.1. The molecule has 122 valence electrons. The van der Waals surface area contributed by atoms with Crippen LogP contribution in [0.3, 0.4) is 0 Å². The Bertz CT molecular complexity index is 647. The van der Waals surface area contributed by atoms with Crippen molar-refractivity contribution in [2.75, 3.05) is 11.9 Å². The third kappa shape index (κ3) is 4.81. The Labute approximate surface area is 138 Å². The number of pyridine rings is 1. The van der Waals surface area contributed by atoms with Crippen LogP contribution in [0.1, 0.15) is 47.7 Å². The molecular formula is C19H25N3O. The van der Waals surface area contributed by atoms with Crippen molar-refractivity contribution in [1.29, 1.82) is 0 Å². The van der Waals surface area contributed by atoms with Gasteiger partial charge in [-0.05, 0) is 43.5 Å². The van der Waals surface area contributed by atoms with E-state index in [-0.39, 0.29) is 5.91 Å². The number of anilines is 2. The molecule has 0 fully saturated rings. The molecule has 1 heterocycles. The van der Waals surface area contributed by atoms with Gasteiger partial charge in [-0.25, -0.2) is 4.98 Å². The van der Waals surface area contributed by atoms with E-state index in [0.717, 1.165) is 36.1 Å². The number of unbranched alkanes of at least 4 members (excludes halogenated alkanes) is 2. The van der Waals surface area contributed by atoms with Gasteiger partial charge < -0.3 is 10.6 Å². The van der Waals surface area contributed by atoms with Gasteiger partial charge in [0.25, 0.3) is 5.91 Å². The minimum atomic E-state index is -0.0481. The molecular weight excluding hydrogens is 286 g/mol. The number of aryl methyl sites for hydroxylation is 2. The van der Waals surface area contributed by atoms with Crippen LogP contribution < -0.4 is 10.6 Å². The van der Waals surface area contributed by atoms with Gasteiger partial charge in [-0.1, -0.05) is 38.0 Å². The first-order chi connectivity index (χ1) is 11.1. The van der Waals surface area contributed by atoms with Crippen LogP contribution in [0.5, 0.6) is 0 Å². The molecule has 0 bridgehead atoms. The number of benzene rings is 1. The van der Waals surface area contributed by atoms with E-state index in [4.69, 9.17) is 0 Å². The highest BCUT2D eigenvalue weighted by Gasteiger charge is 2.08. The van der Waals surface area contributed by atoms with Gasteiger partial charge in [0, 0.05) is 24.0 Å². The van der Waals surface area contributed by atoms with Crippen molar-refractivity contribution in [2.45, 2.75) is 40.0 Å². The molecule has 2 N–H and O–H groups in total. The Balaban J connectivity index is 2.06. The van der Waals surface area contributed by atoms with Gasteiger partial charge in [-0.15, -0.1) is 0 Å². The summed E-state index contributed by atoms with van der Waals surface area (Å²) in [6.07, 6.45) is 4.96. The zero-order valence-corrected chi connectivity index (χ0v) is 14.1. The number of aromatic nitrogens is 1. The van der Waals surface area contributed by atoms with Gasteiger partial charge in [-0.3, -0.25) is 4.79 Å². The van der Waals surface area contributed by atoms with Crippen LogP contribution in [0.25, 0.3) is 0 Å². The van der Waals surface area contributed by atoms with E-state index < -0.39 is 0 Å². The number of carbonyl (C=O) groups is 1. The fourth-order valence-corrected chi connectivity index (χ4v) is 2.46. The molecule has 2 rings (SSSR count). The third-order valence-electron chi connectivity index (χ3n) is 3.82. The second-order valence-corrected chi connectivity index (χ2v) is 5.78. The van der Waals surface area contributed by atoms with Crippen molar-refractivity contribution < 1.29 is 4.79 Å². The van der Waals surface area contributed by atoms with E-state index in [1.54, 1.807) is 18.3 Å². The monoisotopic (exact) mass is 311 g/mol. The standard InChI is InChI=1S/C19H25N3O/c1-4-5-6-11-21-19(23)16-10-12-20-17(13-16)22-18-14(2)8-7-9-15(18)3/h7-10,12-13H,4-6,11H2,1-3H3,(H,20,22)(H,21,23).